The van der Waals surface area contributed by atoms with E-state index in [9.17, 15) is 4.79 Å². The number of nitrogens with zero attached hydrogens (tertiary/aromatic N) is 1. The first-order chi connectivity index (χ1) is 8.97. The van der Waals surface area contributed by atoms with Crippen LogP contribution in [0.4, 0.5) is 5.69 Å². The van der Waals surface area contributed by atoms with Crippen molar-refractivity contribution in [1.29, 1.82) is 0 Å². The van der Waals surface area contributed by atoms with Gasteiger partial charge in [-0.3, -0.25) is 9.79 Å². The number of carbonyl (C=O) groups excluding carboxylic acids is 1. The summed E-state index contributed by atoms with van der Waals surface area (Å²) in [6, 6.07) is 7.80. The third-order valence-corrected chi connectivity index (χ3v) is 2.97. The highest BCUT2D eigenvalue weighted by Gasteiger charge is 2.21. The number of rotatable bonds is 2. The third-order valence-electron chi connectivity index (χ3n) is 2.97. The minimum Gasteiger partial charge on any atom is -0.370 e. The van der Waals surface area contributed by atoms with Gasteiger partial charge in [0.2, 0.25) is 5.91 Å². The molecule has 0 unspecified atom stereocenters. The van der Waals surface area contributed by atoms with Gasteiger partial charge in [-0.2, -0.15) is 0 Å². The fourth-order valence-electron chi connectivity index (χ4n) is 1.79. The summed E-state index contributed by atoms with van der Waals surface area (Å²) in [5.74, 6) is 0.932. The van der Waals surface area contributed by atoms with Gasteiger partial charge < -0.3 is 10.6 Å². The largest absolute Gasteiger partial charge is 0.370 e. The van der Waals surface area contributed by atoms with Crippen molar-refractivity contribution in [1.82, 2.24) is 5.32 Å². The van der Waals surface area contributed by atoms with Gasteiger partial charge >= 0.3 is 0 Å². The number of amidine groups is 1. The van der Waals surface area contributed by atoms with E-state index in [1.165, 1.54) is 0 Å². The average Bonchev–Trinajstić information content (AvgIpc) is 2.39. The Balaban J connectivity index is 2.15. The summed E-state index contributed by atoms with van der Waals surface area (Å²) >= 11 is 0. The molecule has 1 aliphatic rings. The lowest BCUT2D eigenvalue weighted by molar-refractivity contribution is -0.123. The number of hydrogen-bond acceptors (Lipinski definition) is 3. The first-order valence-electron chi connectivity index (χ1n) is 6.67. The number of benzene rings is 1. The molecule has 4 heteroatoms. The molecule has 0 spiro atoms. The molecular weight excluding hydrogens is 238 g/mol. The fraction of sp³-hybridized carbons (Fsp3) is 0.467. The van der Waals surface area contributed by atoms with Crippen LogP contribution in [0.15, 0.2) is 29.3 Å². The Bertz CT molecular complexity index is 500. The first kappa shape index (κ1) is 13.6. The van der Waals surface area contributed by atoms with Crippen molar-refractivity contribution in [2.24, 2.45) is 10.4 Å². The zero-order valence-corrected chi connectivity index (χ0v) is 11.8. The SMILES string of the molecule is CC(C)(C)C(=O)Nc1cccc(C2=NCCCN2)c1. The quantitative estimate of drug-likeness (QED) is 0.857. The summed E-state index contributed by atoms with van der Waals surface area (Å²) in [5, 5.41) is 6.22. The van der Waals surface area contributed by atoms with E-state index in [4.69, 9.17) is 0 Å². The molecule has 1 heterocycles. The minimum atomic E-state index is -0.392. The minimum absolute atomic E-state index is 0.0168. The summed E-state index contributed by atoms with van der Waals surface area (Å²) in [6.07, 6.45) is 1.07. The second kappa shape index (κ2) is 5.43. The van der Waals surface area contributed by atoms with Crippen LogP contribution >= 0.6 is 0 Å². The zero-order valence-electron chi connectivity index (χ0n) is 11.8. The van der Waals surface area contributed by atoms with Gasteiger partial charge in [-0.25, -0.2) is 0 Å². The predicted molar refractivity (Wildman–Crippen MR) is 78.6 cm³/mol. The highest BCUT2D eigenvalue weighted by molar-refractivity contribution is 6.01. The van der Waals surface area contributed by atoms with E-state index in [-0.39, 0.29) is 5.91 Å². The molecule has 0 atom stereocenters. The van der Waals surface area contributed by atoms with Crippen LogP contribution < -0.4 is 10.6 Å². The molecule has 0 radical (unpaired) electrons. The molecule has 102 valence electrons. The molecule has 0 saturated carbocycles. The summed E-state index contributed by atoms with van der Waals surface area (Å²) in [5.41, 5.74) is 1.44. The molecule has 0 aliphatic carbocycles. The monoisotopic (exact) mass is 259 g/mol. The maximum absolute atomic E-state index is 12.0. The number of carbonyl (C=O) groups is 1. The zero-order chi connectivity index (χ0) is 13.9. The molecule has 1 amide bonds. The molecule has 1 aromatic carbocycles. The van der Waals surface area contributed by atoms with Crippen LogP contribution in [0.25, 0.3) is 0 Å². The Morgan fingerprint density at radius 1 is 1.37 bits per heavy atom. The van der Waals surface area contributed by atoms with Crippen LogP contribution in [0.1, 0.15) is 32.8 Å². The third kappa shape index (κ3) is 3.56. The van der Waals surface area contributed by atoms with Crippen LogP contribution in [0, 0.1) is 5.41 Å². The Kier molecular flexibility index (Phi) is 3.88. The van der Waals surface area contributed by atoms with Gasteiger partial charge in [-0.15, -0.1) is 0 Å². The van der Waals surface area contributed by atoms with Crippen molar-refractivity contribution >= 4 is 17.4 Å². The van der Waals surface area contributed by atoms with Gasteiger partial charge in [-0.1, -0.05) is 32.9 Å². The van der Waals surface area contributed by atoms with Gasteiger partial charge in [0.25, 0.3) is 0 Å². The Morgan fingerprint density at radius 3 is 2.79 bits per heavy atom. The molecular formula is C15H21N3O. The molecule has 0 fully saturated rings. The normalized spacial score (nSPS) is 15.4. The molecule has 1 aromatic rings. The Morgan fingerprint density at radius 2 is 2.16 bits per heavy atom. The lowest BCUT2D eigenvalue weighted by Crippen LogP contribution is -2.30. The molecule has 19 heavy (non-hydrogen) atoms. The van der Waals surface area contributed by atoms with Crippen molar-refractivity contribution in [3.8, 4) is 0 Å². The second-order valence-corrected chi connectivity index (χ2v) is 5.80. The van der Waals surface area contributed by atoms with E-state index < -0.39 is 5.41 Å². The van der Waals surface area contributed by atoms with Crippen LogP contribution in [0.5, 0.6) is 0 Å². The van der Waals surface area contributed by atoms with Crippen LogP contribution in [-0.2, 0) is 4.79 Å². The number of aliphatic imine (C=N–C) groups is 1. The van der Waals surface area contributed by atoms with Crippen LogP contribution in [0.3, 0.4) is 0 Å². The standard InChI is InChI=1S/C15H21N3O/c1-15(2,3)14(19)18-12-7-4-6-11(10-12)13-16-8-5-9-17-13/h4,6-7,10H,5,8-9H2,1-3H3,(H,16,17)(H,18,19). The highest BCUT2D eigenvalue weighted by atomic mass is 16.2. The van der Waals surface area contributed by atoms with E-state index >= 15 is 0 Å². The first-order valence-corrected chi connectivity index (χ1v) is 6.67. The van der Waals surface area contributed by atoms with Gasteiger partial charge in [0.15, 0.2) is 0 Å². The Hall–Kier alpha value is -1.84. The van der Waals surface area contributed by atoms with Crippen molar-refractivity contribution in [2.45, 2.75) is 27.2 Å². The number of anilines is 1. The van der Waals surface area contributed by atoms with Gasteiger partial charge in [0.05, 0.1) is 0 Å². The molecule has 2 rings (SSSR count). The fourth-order valence-corrected chi connectivity index (χ4v) is 1.79. The van der Waals surface area contributed by atoms with Crippen molar-refractivity contribution in [3.63, 3.8) is 0 Å². The van der Waals surface area contributed by atoms with Crippen LogP contribution in [-0.4, -0.2) is 24.8 Å². The van der Waals surface area contributed by atoms with Crippen molar-refractivity contribution in [2.75, 3.05) is 18.4 Å². The topological polar surface area (TPSA) is 53.5 Å². The van der Waals surface area contributed by atoms with E-state index in [2.05, 4.69) is 15.6 Å². The maximum Gasteiger partial charge on any atom is 0.229 e. The second-order valence-electron chi connectivity index (χ2n) is 5.80. The molecule has 1 aliphatic heterocycles. The smallest absolute Gasteiger partial charge is 0.229 e. The average molecular weight is 259 g/mol. The van der Waals surface area contributed by atoms with Gasteiger partial charge in [-0.05, 0) is 18.6 Å². The predicted octanol–water partition coefficient (Wildman–Crippen LogP) is 2.41. The molecule has 2 N–H and O–H groups in total. The summed E-state index contributed by atoms with van der Waals surface area (Å²) in [4.78, 5) is 16.4. The highest BCUT2D eigenvalue weighted by Crippen LogP contribution is 2.18. The maximum atomic E-state index is 12.0. The Labute approximate surface area is 114 Å². The number of nitrogens with one attached hydrogen (secondary N) is 2. The van der Waals surface area contributed by atoms with E-state index in [1.54, 1.807) is 0 Å². The van der Waals surface area contributed by atoms with Gasteiger partial charge in [0, 0.05) is 29.8 Å². The van der Waals surface area contributed by atoms with Gasteiger partial charge in [0.1, 0.15) is 5.84 Å². The van der Waals surface area contributed by atoms with Crippen LogP contribution in [0.2, 0.25) is 0 Å². The molecule has 0 saturated heterocycles. The lowest BCUT2D eigenvalue weighted by Gasteiger charge is -2.19. The van der Waals surface area contributed by atoms with Crippen molar-refractivity contribution in [3.05, 3.63) is 29.8 Å². The number of hydrogen-bond donors (Lipinski definition) is 2. The van der Waals surface area contributed by atoms with E-state index in [0.29, 0.717) is 0 Å². The summed E-state index contributed by atoms with van der Waals surface area (Å²) in [7, 11) is 0. The molecule has 0 aromatic heterocycles. The number of amides is 1. The lowest BCUT2D eigenvalue weighted by atomic mass is 9.95. The van der Waals surface area contributed by atoms with Crippen molar-refractivity contribution < 1.29 is 4.79 Å². The molecule has 4 nitrogen and oxygen atoms in total. The molecule has 0 bridgehead atoms. The van der Waals surface area contributed by atoms with E-state index in [0.717, 1.165) is 36.6 Å². The summed E-state index contributed by atoms with van der Waals surface area (Å²) < 4.78 is 0. The summed E-state index contributed by atoms with van der Waals surface area (Å²) in [6.45, 7) is 7.52. The van der Waals surface area contributed by atoms with E-state index in [1.807, 2.05) is 45.0 Å².